The van der Waals surface area contributed by atoms with Crippen molar-refractivity contribution < 1.29 is 5.11 Å². The standard InChI is InChI=1S/C17H20N2OS/c20-11-12-21-14-16-8-10-19-17(13-16)18-9-4-7-15-5-2-1-3-6-15/h1-8,10,13,20H,9,11-12,14H2,(H,18,19)/b7-4+. The minimum atomic E-state index is 0.227. The SMILES string of the molecule is OCCSCc1ccnc(NC/C=C/c2ccccc2)c1. The maximum Gasteiger partial charge on any atom is 0.126 e. The Labute approximate surface area is 130 Å². The van der Waals surface area contributed by atoms with E-state index in [0.29, 0.717) is 0 Å². The number of nitrogens with zero attached hydrogens (tertiary/aromatic N) is 1. The molecule has 3 nitrogen and oxygen atoms in total. The lowest BCUT2D eigenvalue weighted by atomic mass is 10.2. The molecule has 4 heteroatoms. The molecular formula is C17H20N2OS. The second-order valence-corrected chi connectivity index (χ2v) is 5.62. The van der Waals surface area contributed by atoms with Crippen molar-refractivity contribution >= 4 is 23.7 Å². The van der Waals surface area contributed by atoms with E-state index in [0.717, 1.165) is 23.9 Å². The fourth-order valence-corrected chi connectivity index (χ4v) is 2.53. The zero-order valence-electron chi connectivity index (χ0n) is 11.9. The molecule has 0 aliphatic carbocycles. The first kappa shape index (κ1) is 15.6. The van der Waals surface area contributed by atoms with E-state index in [1.807, 2.05) is 30.5 Å². The van der Waals surface area contributed by atoms with Crippen LogP contribution in [0.5, 0.6) is 0 Å². The van der Waals surface area contributed by atoms with Gasteiger partial charge in [0.15, 0.2) is 0 Å². The lowest BCUT2D eigenvalue weighted by Gasteiger charge is -2.05. The van der Waals surface area contributed by atoms with Crippen molar-refractivity contribution in [2.24, 2.45) is 0 Å². The quantitative estimate of drug-likeness (QED) is 0.733. The van der Waals surface area contributed by atoms with Gasteiger partial charge in [-0.15, -0.1) is 0 Å². The van der Waals surface area contributed by atoms with E-state index in [4.69, 9.17) is 5.11 Å². The Morgan fingerprint density at radius 2 is 2.05 bits per heavy atom. The van der Waals surface area contributed by atoms with Crippen molar-refractivity contribution in [1.82, 2.24) is 4.98 Å². The third-order valence-corrected chi connectivity index (χ3v) is 3.85. The summed E-state index contributed by atoms with van der Waals surface area (Å²) in [6.45, 7) is 0.972. The van der Waals surface area contributed by atoms with Gasteiger partial charge in [-0.3, -0.25) is 0 Å². The van der Waals surface area contributed by atoms with Gasteiger partial charge in [0.05, 0.1) is 6.61 Å². The highest BCUT2D eigenvalue weighted by Gasteiger charge is 1.97. The van der Waals surface area contributed by atoms with Gasteiger partial charge in [0.25, 0.3) is 0 Å². The average Bonchev–Trinajstić information content (AvgIpc) is 2.53. The van der Waals surface area contributed by atoms with Crippen LogP contribution < -0.4 is 5.32 Å². The summed E-state index contributed by atoms with van der Waals surface area (Å²) in [5.74, 6) is 2.55. The fourth-order valence-electron chi connectivity index (χ4n) is 1.84. The van der Waals surface area contributed by atoms with Gasteiger partial charge in [-0.2, -0.15) is 11.8 Å². The number of hydrogen-bond donors (Lipinski definition) is 2. The Balaban J connectivity index is 1.80. The predicted molar refractivity (Wildman–Crippen MR) is 91.5 cm³/mol. The second-order valence-electron chi connectivity index (χ2n) is 4.52. The van der Waals surface area contributed by atoms with E-state index in [2.05, 4.69) is 40.7 Å². The number of nitrogens with one attached hydrogen (secondary N) is 1. The Morgan fingerprint density at radius 1 is 1.19 bits per heavy atom. The molecule has 0 amide bonds. The highest BCUT2D eigenvalue weighted by molar-refractivity contribution is 7.98. The largest absolute Gasteiger partial charge is 0.396 e. The van der Waals surface area contributed by atoms with Gasteiger partial charge in [0, 0.05) is 24.2 Å². The van der Waals surface area contributed by atoms with Crippen LogP contribution in [0.2, 0.25) is 0 Å². The van der Waals surface area contributed by atoms with Gasteiger partial charge in [-0.05, 0) is 23.3 Å². The molecule has 1 aromatic carbocycles. The average molecular weight is 300 g/mol. The molecule has 0 unspecified atom stereocenters. The first-order valence-corrected chi connectivity index (χ1v) is 8.13. The summed E-state index contributed by atoms with van der Waals surface area (Å²) in [4.78, 5) is 4.31. The van der Waals surface area contributed by atoms with Crippen LogP contribution in [-0.2, 0) is 5.75 Å². The molecule has 2 N–H and O–H groups in total. The molecule has 0 saturated heterocycles. The summed E-state index contributed by atoms with van der Waals surface area (Å²) >= 11 is 1.72. The van der Waals surface area contributed by atoms with Gasteiger partial charge < -0.3 is 10.4 Å². The fraction of sp³-hybridized carbons (Fsp3) is 0.235. The summed E-state index contributed by atoms with van der Waals surface area (Å²) in [5.41, 5.74) is 2.42. The van der Waals surface area contributed by atoms with Crippen molar-refractivity contribution in [3.63, 3.8) is 0 Å². The summed E-state index contributed by atoms with van der Waals surface area (Å²) in [5, 5.41) is 12.1. The first-order chi connectivity index (χ1) is 10.4. The lowest BCUT2D eigenvalue weighted by Crippen LogP contribution is -2.01. The number of aliphatic hydroxyl groups excluding tert-OH is 1. The van der Waals surface area contributed by atoms with Crippen LogP contribution in [0.4, 0.5) is 5.82 Å². The van der Waals surface area contributed by atoms with Gasteiger partial charge in [0.1, 0.15) is 5.82 Å². The normalized spacial score (nSPS) is 10.9. The Kier molecular flexibility index (Phi) is 6.84. The predicted octanol–water partition coefficient (Wildman–Crippen LogP) is 3.43. The van der Waals surface area contributed by atoms with Gasteiger partial charge in [0.2, 0.25) is 0 Å². The number of pyridine rings is 1. The van der Waals surface area contributed by atoms with Crippen LogP contribution in [0.3, 0.4) is 0 Å². The highest BCUT2D eigenvalue weighted by Crippen LogP contribution is 2.14. The van der Waals surface area contributed by atoms with Crippen LogP contribution in [0, 0.1) is 0 Å². The highest BCUT2D eigenvalue weighted by atomic mass is 32.2. The zero-order valence-corrected chi connectivity index (χ0v) is 12.7. The molecule has 2 rings (SSSR count). The molecule has 0 radical (unpaired) electrons. The Bertz CT molecular complexity index is 558. The zero-order chi connectivity index (χ0) is 14.8. The number of aliphatic hydroxyl groups is 1. The number of anilines is 1. The van der Waals surface area contributed by atoms with Crippen molar-refractivity contribution in [1.29, 1.82) is 0 Å². The van der Waals surface area contributed by atoms with E-state index >= 15 is 0 Å². The van der Waals surface area contributed by atoms with E-state index in [9.17, 15) is 0 Å². The molecule has 0 atom stereocenters. The van der Waals surface area contributed by atoms with Gasteiger partial charge >= 0.3 is 0 Å². The first-order valence-electron chi connectivity index (χ1n) is 6.97. The molecule has 21 heavy (non-hydrogen) atoms. The summed E-state index contributed by atoms with van der Waals surface area (Å²) < 4.78 is 0. The van der Waals surface area contributed by atoms with E-state index < -0.39 is 0 Å². The second kappa shape index (κ2) is 9.21. The van der Waals surface area contributed by atoms with Crippen LogP contribution in [0.1, 0.15) is 11.1 Å². The summed E-state index contributed by atoms with van der Waals surface area (Å²) in [7, 11) is 0. The summed E-state index contributed by atoms with van der Waals surface area (Å²) in [6, 6.07) is 14.3. The molecule has 0 aliphatic rings. The third kappa shape index (κ3) is 6.02. The molecule has 1 aromatic heterocycles. The minimum absolute atomic E-state index is 0.227. The third-order valence-electron chi connectivity index (χ3n) is 2.84. The molecule has 0 fully saturated rings. The molecule has 0 saturated carbocycles. The molecule has 0 bridgehead atoms. The molecule has 0 aliphatic heterocycles. The van der Waals surface area contributed by atoms with Crippen LogP contribution in [0.15, 0.2) is 54.7 Å². The van der Waals surface area contributed by atoms with E-state index in [1.165, 1.54) is 11.1 Å². The lowest BCUT2D eigenvalue weighted by molar-refractivity contribution is 0.322. The molecular weight excluding hydrogens is 280 g/mol. The van der Waals surface area contributed by atoms with Crippen LogP contribution in [0.25, 0.3) is 6.08 Å². The smallest absolute Gasteiger partial charge is 0.126 e. The van der Waals surface area contributed by atoms with Crippen molar-refractivity contribution in [2.75, 3.05) is 24.2 Å². The van der Waals surface area contributed by atoms with Gasteiger partial charge in [-0.25, -0.2) is 4.98 Å². The number of aromatic nitrogens is 1. The number of hydrogen-bond acceptors (Lipinski definition) is 4. The number of thioether (sulfide) groups is 1. The molecule has 2 aromatic rings. The van der Waals surface area contributed by atoms with Crippen molar-refractivity contribution in [3.05, 3.63) is 65.9 Å². The van der Waals surface area contributed by atoms with Crippen molar-refractivity contribution in [3.8, 4) is 0 Å². The molecule has 1 heterocycles. The maximum atomic E-state index is 8.78. The number of rotatable bonds is 8. The van der Waals surface area contributed by atoms with Crippen LogP contribution >= 0.6 is 11.8 Å². The Morgan fingerprint density at radius 3 is 2.86 bits per heavy atom. The molecule has 0 spiro atoms. The summed E-state index contributed by atoms with van der Waals surface area (Å²) in [6.07, 6.45) is 6.00. The topological polar surface area (TPSA) is 45.2 Å². The minimum Gasteiger partial charge on any atom is -0.396 e. The monoisotopic (exact) mass is 300 g/mol. The molecule has 110 valence electrons. The van der Waals surface area contributed by atoms with E-state index in [-0.39, 0.29) is 6.61 Å². The Hall–Kier alpha value is -1.78. The van der Waals surface area contributed by atoms with Gasteiger partial charge in [-0.1, -0.05) is 42.5 Å². The maximum absolute atomic E-state index is 8.78. The van der Waals surface area contributed by atoms with Crippen molar-refractivity contribution in [2.45, 2.75) is 5.75 Å². The number of benzene rings is 1. The van der Waals surface area contributed by atoms with E-state index in [1.54, 1.807) is 11.8 Å². The van der Waals surface area contributed by atoms with Crippen LogP contribution in [-0.4, -0.2) is 29.0 Å².